The maximum absolute atomic E-state index is 12.9. The van der Waals surface area contributed by atoms with Gasteiger partial charge in [0.05, 0.1) is 0 Å². The average Bonchev–Trinajstić information content (AvgIpc) is 3.45. The second-order valence-corrected chi connectivity index (χ2v) is 23.1. The molecular formula is C73H130O6. The van der Waals surface area contributed by atoms with Crippen LogP contribution in [0, 0.1) is 0 Å². The van der Waals surface area contributed by atoms with Gasteiger partial charge in [-0.3, -0.25) is 14.4 Å². The Hall–Kier alpha value is -3.15. The normalized spacial score (nSPS) is 12.5. The predicted octanol–water partition coefficient (Wildman–Crippen LogP) is 23.7. The number of unbranched alkanes of at least 4 members (excludes halogenated alkanes) is 40. The van der Waals surface area contributed by atoms with Gasteiger partial charge in [-0.05, 0) is 89.9 Å². The molecule has 0 aliphatic carbocycles. The van der Waals surface area contributed by atoms with Gasteiger partial charge < -0.3 is 14.2 Å². The van der Waals surface area contributed by atoms with E-state index in [1.165, 1.54) is 218 Å². The molecule has 0 saturated heterocycles. The highest BCUT2D eigenvalue weighted by molar-refractivity contribution is 5.71. The monoisotopic (exact) mass is 1100 g/mol. The van der Waals surface area contributed by atoms with E-state index in [-0.39, 0.29) is 31.1 Å². The number of hydrogen-bond acceptors (Lipinski definition) is 6. The molecule has 0 aromatic rings. The molecule has 0 aromatic carbocycles. The van der Waals surface area contributed by atoms with Crippen molar-refractivity contribution in [3.05, 3.63) is 72.9 Å². The third-order valence-corrected chi connectivity index (χ3v) is 15.2. The van der Waals surface area contributed by atoms with E-state index >= 15 is 0 Å². The number of allylic oxidation sites excluding steroid dienone is 12. The van der Waals surface area contributed by atoms with Crippen molar-refractivity contribution in [3.63, 3.8) is 0 Å². The van der Waals surface area contributed by atoms with Gasteiger partial charge in [0.2, 0.25) is 0 Å². The van der Waals surface area contributed by atoms with Gasteiger partial charge in [0, 0.05) is 19.3 Å². The van der Waals surface area contributed by atoms with Crippen LogP contribution >= 0.6 is 0 Å². The summed E-state index contributed by atoms with van der Waals surface area (Å²) >= 11 is 0. The lowest BCUT2D eigenvalue weighted by Crippen LogP contribution is -2.30. The van der Waals surface area contributed by atoms with Crippen molar-refractivity contribution in [1.29, 1.82) is 0 Å². The summed E-state index contributed by atoms with van der Waals surface area (Å²) in [6, 6.07) is 0. The van der Waals surface area contributed by atoms with Gasteiger partial charge in [-0.25, -0.2) is 0 Å². The van der Waals surface area contributed by atoms with Crippen molar-refractivity contribution in [3.8, 4) is 0 Å². The third-order valence-electron chi connectivity index (χ3n) is 15.2. The molecule has 1 unspecified atom stereocenters. The number of carbonyl (C=O) groups excluding carboxylic acids is 3. The summed E-state index contributed by atoms with van der Waals surface area (Å²) in [6.07, 6.45) is 87.7. The van der Waals surface area contributed by atoms with Crippen molar-refractivity contribution < 1.29 is 28.6 Å². The highest BCUT2D eigenvalue weighted by Gasteiger charge is 2.19. The molecule has 0 aliphatic rings. The van der Waals surface area contributed by atoms with Gasteiger partial charge in [-0.2, -0.15) is 0 Å². The Morgan fingerprint density at radius 2 is 0.494 bits per heavy atom. The summed E-state index contributed by atoms with van der Waals surface area (Å²) < 4.78 is 17.0. The summed E-state index contributed by atoms with van der Waals surface area (Å²) in [5, 5.41) is 0. The smallest absolute Gasteiger partial charge is 0.306 e. The Bertz CT molecular complexity index is 1450. The number of ether oxygens (including phenoxy) is 3. The van der Waals surface area contributed by atoms with Crippen molar-refractivity contribution in [2.75, 3.05) is 13.2 Å². The summed E-state index contributed by atoms with van der Waals surface area (Å²) in [5.74, 6) is -0.865. The van der Waals surface area contributed by atoms with Gasteiger partial charge in [0.15, 0.2) is 6.10 Å². The summed E-state index contributed by atoms with van der Waals surface area (Å²) in [5.41, 5.74) is 0. The lowest BCUT2D eigenvalue weighted by molar-refractivity contribution is -0.167. The van der Waals surface area contributed by atoms with Crippen molar-refractivity contribution >= 4 is 17.9 Å². The fraction of sp³-hybridized carbons (Fsp3) is 0.795. The number of esters is 3. The van der Waals surface area contributed by atoms with E-state index in [4.69, 9.17) is 14.2 Å². The van der Waals surface area contributed by atoms with E-state index in [9.17, 15) is 14.4 Å². The van der Waals surface area contributed by atoms with E-state index in [1.54, 1.807) is 0 Å². The van der Waals surface area contributed by atoms with Gasteiger partial charge in [-0.15, -0.1) is 0 Å². The van der Waals surface area contributed by atoms with Crippen LogP contribution in [-0.2, 0) is 28.6 Å². The average molecular weight is 1100 g/mol. The molecule has 6 heteroatoms. The first-order valence-electron chi connectivity index (χ1n) is 34.4. The van der Waals surface area contributed by atoms with Crippen molar-refractivity contribution in [1.82, 2.24) is 0 Å². The molecule has 1 atom stereocenters. The van der Waals surface area contributed by atoms with Crippen LogP contribution in [0.15, 0.2) is 72.9 Å². The molecule has 0 N–H and O–H groups in total. The molecular weight excluding hydrogens is 973 g/mol. The van der Waals surface area contributed by atoms with Gasteiger partial charge in [0.1, 0.15) is 13.2 Å². The maximum Gasteiger partial charge on any atom is 0.306 e. The second kappa shape index (κ2) is 67.4. The van der Waals surface area contributed by atoms with Gasteiger partial charge in [0.25, 0.3) is 0 Å². The summed E-state index contributed by atoms with van der Waals surface area (Å²) in [6.45, 7) is 6.57. The van der Waals surface area contributed by atoms with Crippen LogP contribution in [0.2, 0.25) is 0 Å². The zero-order valence-electron chi connectivity index (χ0n) is 52.6. The second-order valence-electron chi connectivity index (χ2n) is 23.1. The van der Waals surface area contributed by atoms with Crippen molar-refractivity contribution in [2.45, 2.75) is 361 Å². The van der Waals surface area contributed by atoms with Crippen LogP contribution < -0.4 is 0 Å². The maximum atomic E-state index is 12.9. The molecule has 0 rings (SSSR count). The minimum Gasteiger partial charge on any atom is -0.462 e. The highest BCUT2D eigenvalue weighted by atomic mass is 16.6. The standard InChI is InChI=1S/C73H130O6/c1-4-7-10-13-16-19-22-25-28-30-32-33-34-35-36-37-38-39-41-42-45-48-51-54-57-60-63-66-72(75)78-69-70(68-77-71(74)65-62-59-56-53-50-47-44-27-24-21-18-15-12-9-6-3)79-73(76)67-64-61-58-55-52-49-46-43-40-31-29-26-23-20-17-14-11-8-5-2/h7,10,16,19,25,27-28,32-33,35-36,44,70H,4-6,8-9,11-15,17-18,20-24,26,29-31,34,37-43,45-69H2,1-3H3/b10-7-,19-16-,28-25-,33-32-,36-35-,44-27-. The fourth-order valence-corrected chi connectivity index (χ4v) is 10.1. The first-order valence-corrected chi connectivity index (χ1v) is 34.4. The molecule has 0 radical (unpaired) electrons. The minimum atomic E-state index is -0.779. The number of rotatable bonds is 63. The summed E-state index contributed by atoms with van der Waals surface area (Å²) in [4.78, 5) is 38.4. The molecule has 0 fully saturated rings. The van der Waals surface area contributed by atoms with Crippen LogP contribution in [0.4, 0.5) is 0 Å². The molecule has 0 heterocycles. The lowest BCUT2D eigenvalue weighted by Gasteiger charge is -2.18. The molecule has 0 bridgehead atoms. The van der Waals surface area contributed by atoms with E-state index in [0.29, 0.717) is 19.3 Å². The quantitative estimate of drug-likeness (QED) is 0.0261. The SMILES string of the molecule is CC/C=C\C/C=C\C/C=C\C/C=C\C/C=C\CCCCCCCCCCCCCC(=O)OCC(COC(=O)CCCCCCC/C=C\CCCCCCCC)OC(=O)CCCCCCCCCCCCCCCCCCCCC. The molecule has 79 heavy (non-hydrogen) atoms. The molecule has 0 saturated carbocycles. The van der Waals surface area contributed by atoms with E-state index in [1.807, 2.05) is 0 Å². The van der Waals surface area contributed by atoms with Gasteiger partial charge in [-0.1, -0.05) is 318 Å². The first-order chi connectivity index (χ1) is 39.0. The Morgan fingerprint density at radius 3 is 0.785 bits per heavy atom. The largest absolute Gasteiger partial charge is 0.462 e. The molecule has 6 nitrogen and oxygen atoms in total. The Morgan fingerprint density at radius 1 is 0.266 bits per heavy atom. The predicted molar refractivity (Wildman–Crippen MR) is 344 cm³/mol. The topological polar surface area (TPSA) is 78.9 Å². The zero-order chi connectivity index (χ0) is 57.1. The Balaban J connectivity index is 4.30. The Kier molecular flexibility index (Phi) is 64.7. The fourth-order valence-electron chi connectivity index (χ4n) is 10.1. The van der Waals surface area contributed by atoms with Crippen LogP contribution in [0.25, 0.3) is 0 Å². The number of hydrogen-bond donors (Lipinski definition) is 0. The summed E-state index contributed by atoms with van der Waals surface area (Å²) in [7, 11) is 0. The van der Waals surface area contributed by atoms with Crippen LogP contribution in [0.5, 0.6) is 0 Å². The third kappa shape index (κ3) is 65.5. The van der Waals surface area contributed by atoms with E-state index in [2.05, 4.69) is 93.7 Å². The molecule has 0 spiro atoms. The minimum absolute atomic E-state index is 0.0756. The zero-order valence-corrected chi connectivity index (χ0v) is 52.6. The van der Waals surface area contributed by atoms with Crippen LogP contribution in [0.3, 0.4) is 0 Å². The van der Waals surface area contributed by atoms with E-state index in [0.717, 1.165) is 96.3 Å². The number of carbonyl (C=O) groups is 3. The van der Waals surface area contributed by atoms with E-state index < -0.39 is 6.10 Å². The van der Waals surface area contributed by atoms with Crippen molar-refractivity contribution in [2.24, 2.45) is 0 Å². The molecule has 458 valence electrons. The van der Waals surface area contributed by atoms with Crippen LogP contribution in [0.1, 0.15) is 355 Å². The molecule has 0 amide bonds. The lowest BCUT2D eigenvalue weighted by atomic mass is 10.0. The highest BCUT2D eigenvalue weighted by Crippen LogP contribution is 2.18. The first kappa shape index (κ1) is 75.8. The Labute approximate surface area is 491 Å². The molecule has 0 aliphatic heterocycles. The van der Waals surface area contributed by atoms with Crippen LogP contribution in [-0.4, -0.2) is 37.2 Å². The molecule has 0 aromatic heterocycles. The van der Waals surface area contributed by atoms with Gasteiger partial charge >= 0.3 is 17.9 Å².